The highest BCUT2D eigenvalue weighted by atomic mass is 32.1. The van der Waals surface area contributed by atoms with Crippen LogP contribution < -0.4 is 10.1 Å². The van der Waals surface area contributed by atoms with E-state index >= 15 is 0 Å². The molecule has 1 saturated carbocycles. The van der Waals surface area contributed by atoms with E-state index in [0.29, 0.717) is 5.13 Å². The number of hydrogen-bond donors (Lipinski definition) is 1. The van der Waals surface area contributed by atoms with Crippen LogP contribution in [0.15, 0.2) is 47.2 Å². The first-order valence-corrected chi connectivity index (χ1v) is 12.1. The van der Waals surface area contributed by atoms with Crippen LogP contribution in [-0.4, -0.2) is 18.0 Å². The molecule has 1 amide bonds. The first-order chi connectivity index (χ1) is 14.7. The molecule has 4 rings (SSSR count). The van der Waals surface area contributed by atoms with E-state index in [0.717, 1.165) is 27.8 Å². The number of methoxy groups -OCH3 is 1. The Morgan fingerprint density at radius 1 is 1.17 bits per heavy atom. The van der Waals surface area contributed by atoms with Gasteiger partial charge in [0.05, 0.1) is 12.8 Å². The molecule has 0 atom stereocenters. The van der Waals surface area contributed by atoms with Crippen LogP contribution in [0.3, 0.4) is 0 Å². The molecule has 1 N–H and O–H groups in total. The Hall–Kier alpha value is -2.44. The van der Waals surface area contributed by atoms with Gasteiger partial charge < -0.3 is 4.74 Å². The maximum atomic E-state index is 12.3. The summed E-state index contributed by atoms with van der Waals surface area (Å²) < 4.78 is 5.18. The molecule has 1 fully saturated rings. The molecule has 2 heterocycles. The standard InChI is InChI=1S/C24H26N2O2S2/c1-28-20-9-7-19(8-10-20)22-16-30-24(25-22)26-23(27)12-11-21-14-18(15-29-21)13-17-5-3-2-4-6-17/h7-12,14-17H,2-6,13H2,1H3,(H,25,26,27). The predicted molar refractivity (Wildman–Crippen MR) is 126 cm³/mol. The molecule has 4 nitrogen and oxygen atoms in total. The molecule has 0 bridgehead atoms. The van der Waals surface area contributed by atoms with Gasteiger partial charge in [-0.05, 0) is 59.7 Å². The highest BCUT2D eigenvalue weighted by Crippen LogP contribution is 2.29. The van der Waals surface area contributed by atoms with Crippen LogP contribution >= 0.6 is 22.7 Å². The molecule has 2 aromatic heterocycles. The predicted octanol–water partition coefficient (Wildman–Crippen LogP) is 6.65. The van der Waals surface area contributed by atoms with Crippen LogP contribution in [0.4, 0.5) is 5.13 Å². The quantitative estimate of drug-likeness (QED) is 0.420. The fourth-order valence-electron chi connectivity index (χ4n) is 3.84. The van der Waals surface area contributed by atoms with Gasteiger partial charge in [-0.15, -0.1) is 22.7 Å². The van der Waals surface area contributed by atoms with Gasteiger partial charge in [0.2, 0.25) is 5.91 Å². The summed E-state index contributed by atoms with van der Waals surface area (Å²) in [5.41, 5.74) is 3.23. The Balaban J connectivity index is 1.31. The van der Waals surface area contributed by atoms with Gasteiger partial charge >= 0.3 is 0 Å². The number of hydrogen-bond acceptors (Lipinski definition) is 5. The molecule has 6 heteroatoms. The van der Waals surface area contributed by atoms with Crippen LogP contribution in [0.2, 0.25) is 0 Å². The number of nitrogens with zero attached hydrogens (tertiary/aromatic N) is 1. The zero-order valence-electron chi connectivity index (χ0n) is 17.1. The molecule has 0 aliphatic heterocycles. The van der Waals surface area contributed by atoms with Crippen molar-refractivity contribution in [2.24, 2.45) is 5.92 Å². The molecule has 1 aliphatic carbocycles. The van der Waals surface area contributed by atoms with Crippen LogP contribution in [-0.2, 0) is 11.2 Å². The van der Waals surface area contributed by atoms with E-state index in [1.807, 2.05) is 35.7 Å². The summed E-state index contributed by atoms with van der Waals surface area (Å²) in [6.45, 7) is 0. The molecular weight excluding hydrogens is 412 g/mol. The Morgan fingerprint density at radius 2 is 1.97 bits per heavy atom. The molecule has 3 aromatic rings. The number of benzene rings is 1. The maximum Gasteiger partial charge on any atom is 0.250 e. The van der Waals surface area contributed by atoms with Crippen molar-refractivity contribution in [3.8, 4) is 17.0 Å². The third-order valence-corrected chi connectivity index (χ3v) is 7.15. The molecule has 0 radical (unpaired) electrons. The smallest absolute Gasteiger partial charge is 0.250 e. The van der Waals surface area contributed by atoms with Crippen LogP contribution in [0.1, 0.15) is 42.5 Å². The number of rotatable bonds is 7. The maximum absolute atomic E-state index is 12.3. The summed E-state index contributed by atoms with van der Waals surface area (Å²) in [5.74, 6) is 1.48. The third-order valence-electron chi connectivity index (χ3n) is 5.44. The average molecular weight is 439 g/mol. The highest BCUT2D eigenvalue weighted by molar-refractivity contribution is 7.14. The van der Waals surface area contributed by atoms with Crippen molar-refractivity contribution in [3.63, 3.8) is 0 Å². The van der Waals surface area contributed by atoms with Crippen molar-refractivity contribution >= 4 is 39.8 Å². The number of thiazole rings is 1. The lowest BCUT2D eigenvalue weighted by Gasteiger charge is -2.20. The summed E-state index contributed by atoms with van der Waals surface area (Å²) in [5, 5.41) is 7.63. The Morgan fingerprint density at radius 3 is 2.73 bits per heavy atom. The van der Waals surface area contributed by atoms with Crippen molar-refractivity contribution in [2.45, 2.75) is 38.5 Å². The fourth-order valence-corrected chi connectivity index (χ4v) is 5.38. The van der Waals surface area contributed by atoms with E-state index in [1.165, 1.54) is 55.4 Å². The molecule has 0 unspecified atom stereocenters. The minimum Gasteiger partial charge on any atom is -0.497 e. The largest absolute Gasteiger partial charge is 0.497 e. The number of carbonyl (C=O) groups excluding carboxylic acids is 1. The summed E-state index contributed by atoms with van der Waals surface area (Å²) in [4.78, 5) is 17.9. The monoisotopic (exact) mass is 438 g/mol. The Kier molecular flexibility index (Phi) is 6.97. The molecular formula is C24H26N2O2S2. The number of amides is 1. The topological polar surface area (TPSA) is 51.2 Å². The normalized spacial score (nSPS) is 14.8. The van der Waals surface area contributed by atoms with Gasteiger partial charge in [-0.25, -0.2) is 4.98 Å². The van der Waals surface area contributed by atoms with Crippen molar-refractivity contribution < 1.29 is 9.53 Å². The molecule has 0 saturated heterocycles. The number of thiophene rings is 1. The van der Waals surface area contributed by atoms with Gasteiger partial charge in [-0.3, -0.25) is 10.1 Å². The van der Waals surface area contributed by atoms with Crippen molar-refractivity contribution in [1.82, 2.24) is 4.98 Å². The summed E-state index contributed by atoms with van der Waals surface area (Å²) in [6.07, 6.45) is 11.5. The zero-order chi connectivity index (χ0) is 20.8. The third kappa shape index (κ3) is 5.58. The van der Waals surface area contributed by atoms with E-state index < -0.39 is 0 Å². The number of anilines is 1. The number of carbonyl (C=O) groups is 1. The van der Waals surface area contributed by atoms with E-state index in [1.54, 1.807) is 24.5 Å². The molecule has 156 valence electrons. The van der Waals surface area contributed by atoms with Crippen molar-refractivity contribution in [2.75, 3.05) is 12.4 Å². The number of aromatic nitrogens is 1. The van der Waals surface area contributed by atoms with E-state index in [-0.39, 0.29) is 5.91 Å². The van der Waals surface area contributed by atoms with Gasteiger partial charge in [0, 0.05) is 21.9 Å². The van der Waals surface area contributed by atoms with Gasteiger partial charge in [0.15, 0.2) is 5.13 Å². The van der Waals surface area contributed by atoms with Crippen molar-refractivity contribution in [3.05, 3.63) is 57.6 Å². The number of nitrogens with one attached hydrogen (secondary N) is 1. The SMILES string of the molecule is COc1ccc(-c2csc(NC(=O)C=Cc3cc(CC4CCCCC4)cs3)n2)cc1. The average Bonchev–Trinajstić information content (AvgIpc) is 3.43. The lowest BCUT2D eigenvalue weighted by molar-refractivity contribution is -0.111. The first kappa shape index (κ1) is 20.8. The molecule has 1 aromatic carbocycles. The second-order valence-corrected chi connectivity index (χ2v) is 9.46. The fraction of sp³-hybridized carbons (Fsp3) is 0.333. The van der Waals surface area contributed by atoms with Gasteiger partial charge in [0.25, 0.3) is 0 Å². The lowest BCUT2D eigenvalue weighted by Crippen LogP contribution is -2.08. The zero-order valence-corrected chi connectivity index (χ0v) is 18.7. The minimum atomic E-state index is -0.159. The van der Waals surface area contributed by atoms with Crippen LogP contribution in [0.5, 0.6) is 5.75 Å². The summed E-state index contributed by atoms with van der Waals surface area (Å²) >= 11 is 3.12. The lowest BCUT2D eigenvalue weighted by atomic mass is 9.85. The van der Waals surface area contributed by atoms with E-state index in [4.69, 9.17) is 4.74 Å². The second kappa shape index (κ2) is 10.0. The second-order valence-electron chi connectivity index (χ2n) is 7.65. The minimum absolute atomic E-state index is 0.159. The molecule has 1 aliphatic rings. The van der Waals surface area contributed by atoms with E-state index in [2.05, 4.69) is 21.7 Å². The Bertz CT molecular complexity index is 998. The molecule has 0 spiro atoms. The number of ether oxygens (including phenoxy) is 1. The molecule has 30 heavy (non-hydrogen) atoms. The summed E-state index contributed by atoms with van der Waals surface area (Å²) in [7, 11) is 1.65. The highest BCUT2D eigenvalue weighted by Gasteiger charge is 2.14. The van der Waals surface area contributed by atoms with Crippen LogP contribution in [0, 0.1) is 5.92 Å². The van der Waals surface area contributed by atoms with Gasteiger partial charge in [-0.1, -0.05) is 32.1 Å². The van der Waals surface area contributed by atoms with Gasteiger partial charge in [0.1, 0.15) is 5.75 Å². The van der Waals surface area contributed by atoms with Gasteiger partial charge in [-0.2, -0.15) is 0 Å². The van der Waals surface area contributed by atoms with Crippen LogP contribution in [0.25, 0.3) is 17.3 Å². The summed E-state index contributed by atoms with van der Waals surface area (Å²) in [6, 6.07) is 9.94. The Labute approximate surface area is 185 Å². The van der Waals surface area contributed by atoms with Crippen molar-refractivity contribution in [1.29, 1.82) is 0 Å². The first-order valence-electron chi connectivity index (χ1n) is 10.4. The van der Waals surface area contributed by atoms with E-state index in [9.17, 15) is 4.79 Å².